The molecule has 0 saturated heterocycles. The van der Waals surface area contributed by atoms with Gasteiger partial charge in [-0.05, 0) is 25.0 Å². The molecule has 1 aromatic rings. The molecule has 78 valence electrons. The Kier molecular flexibility index (Phi) is 4.85. The minimum Gasteiger partial charge on any atom is -0.423 e. The lowest BCUT2D eigenvalue weighted by molar-refractivity contribution is 0.287. The number of halogens is 1. The van der Waals surface area contributed by atoms with E-state index in [1.54, 1.807) is 6.07 Å². The summed E-state index contributed by atoms with van der Waals surface area (Å²) in [6.07, 6.45) is 0.792. The molecule has 0 radical (unpaired) electrons. The van der Waals surface area contributed by atoms with Gasteiger partial charge in [0.15, 0.2) is 0 Å². The van der Waals surface area contributed by atoms with E-state index in [9.17, 15) is 4.20 Å². The van der Waals surface area contributed by atoms with Crippen molar-refractivity contribution in [2.45, 2.75) is 20.3 Å². The third kappa shape index (κ3) is 3.60. The molecule has 0 aliphatic rings. The van der Waals surface area contributed by atoms with Gasteiger partial charge in [0.2, 0.25) is 0 Å². The van der Waals surface area contributed by atoms with Gasteiger partial charge >= 0.3 is 8.69 Å². The van der Waals surface area contributed by atoms with E-state index in [2.05, 4.69) is 0 Å². The molecule has 0 saturated carbocycles. The lowest BCUT2D eigenvalue weighted by Crippen LogP contribution is -1.91. The molecule has 0 fully saturated rings. The van der Waals surface area contributed by atoms with E-state index in [1.807, 2.05) is 32.0 Å². The molecule has 0 aliphatic carbocycles. The molecule has 4 heteroatoms. The standard InChI is InChI=1S/C10H14FO2P/c1-3-8-12-14(11)13-10-7-5-4-6-9(10)2/h4-7H,3,8H2,1-2H3. The van der Waals surface area contributed by atoms with Crippen molar-refractivity contribution in [1.29, 1.82) is 0 Å². The molecular formula is C10H14FO2P. The van der Waals surface area contributed by atoms with Gasteiger partial charge in [-0.1, -0.05) is 25.1 Å². The molecule has 0 spiro atoms. The molecule has 1 atom stereocenters. The topological polar surface area (TPSA) is 18.5 Å². The van der Waals surface area contributed by atoms with Crippen LogP contribution in [-0.4, -0.2) is 6.61 Å². The molecule has 14 heavy (non-hydrogen) atoms. The van der Waals surface area contributed by atoms with Crippen LogP contribution in [0.1, 0.15) is 18.9 Å². The smallest absolute Gasteiger partial charge is 0.423 e. The van der Waals surface area contributed by atoms with Crippen LogP contribution in [0.3, 0.4) is 0 Å². The first-order chi connectivity index (χ1) is 6.74. The van der Waals surface area contributed by atoms with E-state index < -0.39 is 8.69 Å². The molecule has 0 bridgehead atoms. The van der Waals surface area contributed by atoms with Crippen LogP contribution in [0.5, 0.6) is 5.75 Å². The van der Waals surface area contributed by atoms with Gasteiger partial charge in [-0.3, -0.25) is 4.52 Å². The summed E-state index contributed by atoms with van der Waals surface area (Å²) in [7, 11) is -2.28. The highest BCUT2D eigenvalue weighted by Gasteiger charge is 2.11. The zero-order valence-corrected chi connectivity index (χ0v) is 9.26. The molecule has 0 amide bonds. The summed E-state index contributed by atoms with van der Waals surface area (Å²) in [6, 6.07) is 7.30. The third-order valence-corrected chi connectivity index (χ3v) is 2.39. The zero-order valence-electron chi connectivity index (χ0n) is 8.37. The molecule has 0 aliphatic heterocycles. The highest BCUT2D eigenvalue weighted by molar-refractivity contribution is 7.41. The van der Waals surface area contributed by atoms with E-state index in [0.717, 1.165) is 12.0 Å². The molecule has 1 aromatic carbocycles. The Bertz CT molecular complexity index is 281. The molecule has 0 N–H and O–H groups in total. The summed E-state index contributed by atoms with van der Waals surface area (Å²) in [5.41, 5.74) is 0.915. The van der Waals surface area contributed by atoms with Crippen molar-refractivity contribution in [1.82, 2.24) is 0 Å². The van der Waals surface area contributed by atoms with Crippen LogP contribution in [0, 0.1) is 6.92 Å². The first-order valence-electron chi connectivity index (χ1n) is 4.56. The zero-order chi connectivity index (χ0) is 10.4. The van der Waals surface area contributed by atoms with Gasteiger partial charge in [0.25, 0.3) is 0 Å². The second kappa shape index (κ2) is 5.94. The van der Waals surface area contributed by atoms with Gasteiger partial charge < -0.3 is 4.52 Å². The Hall–Kier alpha value is -0.660. The quantitative estimate of drug-likeness (QED) is 0.692. The van der Waals surface area contributed by atoms with Crippen LogP contribution >= 0.6 is 8.69 Å². The minimum atomic E-state index is -2.28. The maximum absolute atomic E-state index is 13.1. The van der Waals surface area contributed by atoms with Gasteiger partial charge in [-0.2, -0.15) is 0 Å². The van der Waals surface area contributed by atoms with Crippen LogP contribution < -0.4 is 4.52 Å². The van der Waals surface area contributed by atoms with Crippen molar-refractivity contribution in [3.8, 4) is 5.75 Å². The minimum absolute atomic E-state index is 0.397. The monoisotopic (exact) mass is 216 g/mol. The van der Waals surface area contributed by atoms with Gasteiger partial charge in [-0.25, -0.2) is 0 Å². The summed E-state index contributed by atoms with van der Waals surface area (Å²) in [5.74, 6) is 0.553. The average molecular weight is 216 g/mol. The molecule has 1 unspecified atom stereocenters. The predicted molar refractivity (Wildman–Crippen MR) is 56.1 cm³/mol. The Labute approximate surface area is 85.1 Å². The highest BCUT2D eigenvalue weighted by Crippen LogP contribution is 2.41. The largest absolute Gasteiger partial charge is 0.439 e. The Morgan fingerprint density at radius 1 is 1.36 bits per heavy atom. The molecular weight excluding hydrogens is 202 g/mol. The molecule has 2 nitrogen and oxygen atoms in total. The number of benzene rings is 1. The number of aryl methyl sites for hydroxylation is 1. The van der Waals surface area contributed by atoms with E-state index in [4.69, 9.17) is 9.05 Å². The molecule has 0 aromatic heterocycles. The van der Waals surface area contributed by atoms with Gasteiger partial charge in [0.05, 0.1) is 6.61 Å². The average Bonchev–Trinajstić information content (AvgIpc) is 2.18. The van der Waals surface area contributed by atoms with Crippen molar-refractivity contribution < 1.29 is 13.2 Å². The molecule has 1 rings (SSSR count). The van der Waals surface area contributed by atoms with Gasteiger partial charge in [0, 0.05) is 0 Å². The summed E-state index contributed by atoms with van der Waals surface area (Å²) in [5, 5.41) is 0. The van der Waals surface area contributed by atoms with Crippen molar-refractivity contribution in [3.63, 3.8) is 0 Å². The fraction of sp³-hybridized carbons (Fsp3) is 0.400. The van der Waals surface area contributed by atoms with E-state index in [-0.39, 0.29) is 0 Å². The maximum atomic E-state index is 13.1. The summed E-state index contributed by atoms with van der Waals surface area (Å²) >= 11 is 0. The lowest BCUT2D eigenvalue weighted by Gasteiger charge is -2.10. The maximum Gasteiger partial charge on any atom is 0.439 e. The Morgan fingerprint density at radius 3 is 2.71 bits per heavy atom. The summed E-state index contributed by atoms with van der Waals surface area (Å²) in [6.45, 7) is 4.20. The number of para-hydroxylation sites is 1. The SMILES string of the molecule is CCCOP(F)Oc1ccccc1C. The summed E-state index contributed by atoms with van der Waals surface area (Å²) in [4.78, 5) is 0. The summed E-state index contributed by atoms with van der Waals surface area (Å²) < 4.78 is 22.9. The van der Waals surface area contributed by atoms with Crippen LogP contribution in [0.4, 0.5) is 4.20 Å². The first kappa shape index (κ1) is 11.4. The second-order valence-corrected chi connectivity index (χ2v) is 3.77. The fourth-order valence-electron chi connectivity index (χ4n) is 0.926. The third-order valence-electron chi connectivity index (χ3n) is 1.66. The van der Waals surface area contributed by atoms with Crippen molar-refractivity contribution in [3.05, 3.63) is 29.8 Å². The number of hydrogen-bond donors (Lipinski definition) is 0. The first-order valence-corrected chi connectivity index (χ1v) is 5.63. The highest BCUT2D eigenvalue weighted by atomic mass is 31.2. The Morgan fingerprint density at radius 2 is 2.07 bits per heavy atom. The predicted octanol–water partition coefficient (Wildman–Crippen LogP) is 4.00. The van der Waals surface area contributed by atoms with Crippen molar-refractivity contribution in [2.24, 2.45) is 0 Å². The van der Waals surface area contributed by atoms with Gasteiger partial charge in [0.1, 0.15) is 5.75 Å². The lowest BCUT2D eigenvalue weighted by atomic mass is 10.2. The van der Waals surface area contributed by atoms with Crippen molar-refractivity contribution in [2.75, 3.05) is 6.61 Å². The Balaban J connectivity index is 2.47. The second-order valence-electron chi connectivity index (χ2n) is 2.90. The van der Waals surface area contributed by atoms with Crippen LogP contribution in [0.15, 0.2) is 24.3 Å². The number of hydrogen-bond acceptors (Lipinski definition) is 2. The van der Waals surface area contributed by atoms with Crippen molar-refractivity contribution >= 4 is 8.69 Å². The fourth-order valence-corrected chi connectivity index (χ4v) is 1.66. The van der Waals surface area contributed by atoms with E-state index in [1.165, 1.54) is 0 Å². The molecule has 0 heterocycles. The number of rotatable bonds is 5. The van der Waals surface area contributed by atoms with Gasteiger partial charge in [-0.15, -0.1) is 4.20 Å². The van der Waals surface area contributed by atoms with Crippen LogP contribution in [-0.2, 0) is 4.52 Å². The van der Waals surface area contributed by atoms with Crippen LogP contribution in [0.2, 0.25) is 0 Å². The van der Waals surface area contributed by atoms with Crippen LogP contribution in [0.25, 0.3) is 0 Å². The van der Waals surface area contributed by atoms with E-state index in [0.29, 0.717) is 12.4 Å². The normalized spacial score (nSPS) is 12.5. The van der Waals surface area contributed by atoms with E-state index >= 15 is 0 Å².